The summed E-state index contributed by atoms with van der Waals surface area (Å²) in [6.07, 6.45) is 2.60. The lowest BCUT2D eigenvalue weighted by Crippen LogP contribution is -2.42. The summed E-state index contributed by atoms with van der Waals surface area (Å²) in [7, 11) is 0. The molecule has 1 saturated heterocycles. The van der Waals surface area contributed by atoms with Crippen molar-refractivity contribution in [2.24, 2.45) is 5.92 Å². The number of carbonyl (C=O) groups is 2. The molecule has 0 aromatic heterocycles. The molecule has 1 amide bonds. The van der Waals surface area contributed by atoms with Crippen LogP contribution in [0.5, 0.6) is 0 Å². The molecule has 1 fully saturated rings. The summed E-state index contributed by atoms with van der Waals surface area (Å²) < 4.78 is 0. The first-order valence-corrected chi connectivity index (χ1v) is 4.89. The van der Waals surface area contributed by atoms with Gasteiger partial charge in [-0.05, 0) is 18.8 Å². The van der Waals surface area contributed by atoms with E-state index in [1.54, 1.807) is 0 Å². The van der Waals surface area contributed by atoms with Gasteiger partial charge in [0.1, 0.15) is 5.78 Å². The van der Waals surface area contributed by atoms with Gasteiger partial charge in [-0.3, -0.25) is 9.59 Å². The third kappa shape index (κ3) is 3.57. The number of hydrogen-bond donors (Lipinski definition) is 1. The first-order valence-electron chi connectivity index (χ1n) is 4.89. The van der Waals surface area contributed by atoms with Crippen LogP contribution in [0.2, 0.25) is 0 Å². The molecule has 74 valence electrons. The van der Waals surface area contributed by atoms with Crippen LogP contribution >= 0.6 is 0 Å². The van der Waals surface area contributed by atoms with Crippen molar-refractivity contribution in [3.05, 3.63) is 0 Å². The van der Waals surface area contributed by atoms with Gasteiger partial charge in [0.25, 0.3) is 0 Å². The van der Waals surface area contributed by atoms with Gasteiger partial charge in [0.05, 0.1) is 6.42 Å². The van der Waals surface area contributed by atoms with Crippen molar-refractivity contribution in [2.45, 2.75) is 45.6 Å². The quantitative estimate of drug-likeness (QED) is 0.670. The normalized spacial score (nSPS) is 23.5. The SMILES string of the molecule is CC(C)CCC1CC(=O)CC(=O)N1. The van der Waals surface area contributed by atoms with E-state index < -0.39 is 0 Å². The Hall–Kier alpha value is -0.860. The number of nitrogens with one attached hydrogen (secondary N) is 1. The van der Waals surface area contributed by atoms with E-state index in [0.29, 0.717) is 12.3 Å². The second-order valence-electron chi connectivity index (χ2n) is 4.16. The van der Waals surface area contributed by atoms with E-state index in [1.165, 1.54) is 0 Å². The maximum Gasteiger partial charge on any atom is 0.227 e. The minimum atomic E-state index is -0.106. The molecule has 0 aromatic rings. The molecule has 0 bridgehead atoms. The minimum Gasteiger partial charge on any atom is -0.353 e. The number of piperidine rings is 1. The van der Waals surface area contributed by atoms with Crippen LogP contribution in [0.25, 0.3) is 0 Å². The fourth-order valence-corrected chi connectivity index (χ4v) is 1.56. The van der Waals surface area contributed by atoms with E-state index in [0.717, 1.165) is 12.8 Å². The maximum atomic E-state index is 11.1. The largest absolute Gasteiger partial charge is 0.353 e. The Morgan fingerprint density at radius 1 is 1.46 bits per heavy atom. The lowest BCUT2D eigenvalue weighted by molar-refractivity contribution is -0.132. The zero-order valence-corrected chi connectivity index (χ0v) is 8.30. The van der Waals surface area contributed by atoms with Crippen LogP contribution in [0.15, 0.2) is 0 Å². The summed E-state index contributed by atoms with van der Waals surface area (Å²) >= 11 is 0. The van der Waals surface area contributed by atoms with Gasteiger partial charge >= 0.3 is 0 Å². The van der Waals surface area contributed by atoms with Crippen molar-refractivity contribution in [3.8, 4) is 0 Å². The lowest BCUT2D eigenvalue weighted by Gasteiger charge is -2.22. The van der Waals surface area contributed by atoms with Crippen molar-refractivity contribution < 1.29 is 9.59 Å². The standard InChI is InChI=1S/C10H17NO2/c1-7(2)3-4-8-5-9(12)6-10(13)11-8/h7-8H,3-6H2,1-2H3,(H,11,13). The van der Waals surface area contributed by atoms with Crippen LogP contribution in [0.1, 0.15) is 39.5 Å². The van der Waals surface area contributed by atoms with E-state index in [1.807, 2.05) is 0 Å². The average Bonchev–Trinajstić information content (AvgIpc) is 1.99. The Morgan fingerprint density at radius 2 is 2.15 bits per heavy atom. The predicted molar refractivity (Wildman–Crippen MR) is 50.2 cm³/mol. The molecule has 1 aliphatic heterocycles. The zero-order chi connectivity index (χ0) is 9.84. The molecule has 1 rings (SSSR count). The first kappa shape index (κ1) is 10.2. The Balaban J connectivity index is 2.33. The molecule has 0 saturated carbocycles. The van der Waals surface area contributed by atoms with Crippen molar-refractivity contribution >= 4 is 11.7 Å². The Bertz CT molecular complexity index is 195. The van der Waals surface area contributed by atoms with Crippen LogP contribution in [-0.4, -0.2) is 17.7 Å². The number of amides is 1. The maximum absolute atomic E-state index is 11.1. The van der Waals surface area contributed by atoms with Gasteiger partial charge in [0.2, 0.25) is 5.91 Å². The smallest absolute Gasteiger partial charge is 0.227 e. The molecule has 0 radical (unpaired) electrons. The lowest BCUT2D eigenvalue weighted by atomic mass is 9.96. The molecule has 13 heavy (non-hydrogen) atoms. The molecule has 1 aliphatic rings. The highest BCUT2D eigenvalue weighted by Crippen LogP contribution is 2.13. The Labute approximate surface area is 78.9 Å². The third-order valence-electron chi connectivity index (χ3n) is 2.29. The van der Waals surface area contributed by atoms with Gasteiger partial charge < -0.3 is 5.32 Å². The second kappa shape index (κ2) is 4.40. The summed E-state index contributed by atoms with van der Waals surface area (Å²) in [5.74, 6) is 0.608. The molecule has 1 heterocycles. The van der Waals surface area contributed by atoms with Gasteiger partial charge in [-0.15, -0.1) is 0 Å². The summed E-state index contributed by atoms with van der Waals surface area (Å²) in [4.78, 5) is 22.1. The van der Waals surface area contributed by atoms with Gasteiger partial charge in [0, 0.05) is 12.5 Å². The van der Waals surface area contributed by atoms with Crippen molar-refractivity contribution in [2.75, 3.05) is 0 Å². The van der Waals surface area contributed by atoms with Gasteiger partial charge in [-0.25, -0.2) is 0 Å². The fraction of sp³-hybridized carbons (Fsp3) is 0.800. The fourth-order valence-electron chi connectivity index (χ4n) is 1.56. The van der Waals surface area contributed by atoms with E-state index >= 15 is 0 Å². The van der Waals surface area contributed by atoms with E-state index in [9.17, 15) is 9.59 Å². The summed E-state index contributed by atoms with van der Waals surface area (Å²) in [5, 5.41) is 2.84. The van der Waals surface area contributed by atoms with Gasteiger partial charge in [-0.2, -0.15) is 0 Å². The van der Waals surface area contributed by atoms with Crippen molar-refractivity contribution in [1.29, 1.82) is 0 Å². The molecule has 0 aromatic carbocycles. The number of ketones is 1. The molecule has 3 heteroatoms. The molecular weight excluding hydrogens is 166 g/mol. The third-order valence-corrected chi connectivity index (χ3v) is 2.29. The van der Waals surface area contributed by atoms with Gasteiger partial charge in [0.15, 0.2) is 0 Å². The topological polar surface area (TPSA) is 46.2 Å². The summed E-state index contributed by atoms with van der Waals surface area (Å²) in [5.41, 5.74) is 0. The molecule has 3 nitrogen and oxygen atoms in total. The van der Waals surface area contributed by atoms with E-state index in [2.05, 4.69) is 19.2 Å². The number of carbonyl (C=O) groups excluding carboxylic acids is 2. The molecule has 0 spiro atoms. The monoisotopic (exact) mass is 183 g/mol. The predicted octanol–water partition coefficient (Wildman–Crippen LogP) is 1.27. The number of Topliss-reactive ketones (excluding diaryl/α,β-unsaturated/α-hetero) is 1. The van der Waals surface area contributed by atoms with Crippen LogP contribution in [0.3, 0.4) is 0 Å². The van der Waals surface area contributed by atoms with Crippen LogP contribution in [0, 0.1) is 5.92 Å². The highest BCUT2D eigenvalue weighted by molar-refractivity contribution is 6.00. The Morgan fingerprint density at radius 3 is 2.69 bits per heavy atom. The van der Waals surface area contributed by atoms with Crippen molar-refractivity contribution in [1.82, 2.24) is 5.32 Å². The molecule has 1 unspecified atom stereocenters. The highest BCUT2D eigenvalue weighted by atomic mass is 16.2. The van der Waals surface area contributed by atoms with E-state index in [4.69, 9.17) is 0 Å². The average molecular weight is 183 g/mol. The van der Waals surface area contributed by atoms with Crippen LogP contribution in [0.4, 0.5) is 0 Å². The van der Waals surface area contributed by atoms with Crippen LogP contribution < -0.4 is 5.32 Å². The highest BCUT2D eigenvalue weighted by Gasteiger charge is 2.23. The number of rotatable bonds is 3. The summed E-state index contributed by atoms with van der Waals surface area (Å²) in [6, 6.07) is 0.0937. The van der Waals surface area contributed by atoms with E-state index in [-0.39, 0.29) is 24.2 Å². The van der Waals surface area contributed by atoms with Crippen molar-refractivity contribution in [3.63, 3.8) is 0 Å². The summed E-state index contributed by atoms with van der Waals surface area (Å²) in [6.45, 7) is 4.29. The van der Waals surface area contributed by atoms with Crippen LogP contribution in [-0.2, 0) is 9.59 Å². The minimum absolute atomic E-state index is 0.0810. The first-order chi connectivity index (χ1) is 6.08. The van der Waals surface area contributed by atoms with Gasteiger partial charge in [-0.1, -0.05) is 13.8 Å². The second-order valence-corrected chi connectivity index (χ2v) is 4.16. The Kier molecular flexibility index (Phi) is 3.46. The zero-order valence-electron chi connectivity index (χ0n) is 8.30. The molecule has 1 N–H and O–H groups in total. The molecule has 1 atom stereocenters. The molecular formula is C10H17NO2. The number of hydrogen-bond acceptors (Lipinski definition) is 2. The molecule has 0 aliphatic carbocycles.